The molecule has 6 nitrogen and oxygen atoms in total. The number of halogens is 1. The van der Waals surface area contributed by atoms with E-state index in [0.29, 0.717) is 17.1 Å². The molecule has 0 saturated carbocycles. The van der Waals surface area contributed by atoms with Crippen molar-refractivity contribution in [3.8, 4) is 5.75 Å². The maximum atomic E-state index is 11.9. The molecule has 0 fully saturated rings. The lowest BCUT2D eigenvalue weighted by molar-refractivity contribution is -0.118. The fourth-order valence-electron chi connectivity index (χ4n) is 1.94. The molecule has 0 heterocycles. The SMILES string of the molecule is CC(C)(C)OC(=O)Nc1ccc(NC(=O)COc2ccc(I)cc2)cc1. The molecule has 2 rings (SSSR count). The molecule has 0 bridgehead atoms. The van der Waals surface area contributed by atoms with Gasteiger partial charge in [-0.15, -0.1) is 0 Å². The van der Waals surface area contributed by atoms with Crippen molar-refractivity contribution < 1.29 is 19.1 Å². The van der Waals surface area contributed by atoms with Crippen LogP contribution in [-0.2, 0) is 9.53 Å². The first-order valence-corrected chi connectivity index (χ1v) is 9.07. The molecule has 2 N–H and O–H groups in total. The number of rotatable bonds is 5. The smallest absolute Gasteiger partial charge is 0.412 e. The number of ether oxygens (including phenoxy) is 2. The quantitative estimate of drug-likeness (QED) is 0.627. The van der Waals surface area contributed by atoms with Crippen LogP contribution in [0.1, 0.15) is 20.8 Å². The second-order valence-corrected chi connectivity index (χ2v) is 7.74. The van der Waals surface area contributed by atoms with Gasteiger partial charge in [0.05, 0.1) is 0 Å². The largest absolute Gasteiger partial charge is 0.484 e. The Hall–Kier alpha value is -2.29. The summed E-state index contributed by atoms with van der Waals surface area (Å²) >= 11 is 2.20. The first kappa shape index (κ1) is 20.0. The topological polar surface area (TPSA) is 76.7 Å². The van der Waals surface area contributed by atoms with E-state index >= 15 is 0 Å². The van der Waals surface area contributed by atoms with Crippen LogP contribution in [0, 0.1) is 3.57 Å². The normalized spacial score (nSPS) is 10.8. The van der Waals surface area contributed by atoms with Crippen LogP contribution in [-0.4, -0.2) is 24.2 Å². The molecule has 0 spiro atoms. The molecule has 138 valence electrons. The maximum Gasteiger partial charge on any atom is 0.412 e. The highest BCUT2D eigenvalue weighted by atomic mass is 127. The van der Waals surface area contributed by atoms with Crippen LogP contribution in [0.25, 0.3) is 0 Å². The summed E-state index contributed by atoms with van der Waals surface area (Å²) in [5.74, 6) is 0.369. The van der Waals surface area contributed by atoms with Gasteiger partial charge in [-0.2, -0.15) is 0 Å². The van der Waals surface area contributed by atoms with Crippen LogP contribution in [0.15, 0.2) is 48.5 Å². The van der Waals surface area contributed by atoms with Gasteiger partial charge in [0.1, 0.15) is 11.4 Å². The number of carbonyl (C=O) groups is 2. The second kappa shape index (κ2) is 8.88. The van der Waals surface area contributed by atoms with Gasteiger partial charge in [-0.3, -0.25) is 10.1 Å². The van der Waals surface area contributed by atoms with Crippen LogP contribution in [0.4, 0.5) is 16.2 Å². The highest BCUT2D eigenvalue weighted by molar-refractivity contribution is 14.1. The summed E-state index contributed by atoms with van der Waals surface area (Å²) in [6, 6.07) is 14.2. The predicted molar refractivity (Wildman–Crippen MR) is 110 cm³/mol. The minimum Gasteiger partial charge on any atom is -0.484 e. The van der Waals surface area contributed by atoms with E-state index in [9.17, 15) is 9.59 Å². The minimum absolute atomic E-state index is 0.0848. The summed E-state index contributed by atoms with van der Waals surface area (Å²) in [6.07, 6.45) is -0.528. The fraction of sp³-hybridized carbons (Fsp3) is 0.263. The number of carbonyl (C=O) groups excluding carboxylic acids is 2. The van der Waals surface area contributed by atoms with Crippen LogP contribution in [0.5, 0.6) is 5.75 Å². The fourth-order valence-corrected chi connectivity index (χ4v) is 2.29. The average Bonchev–Trinajstić information content (AvgIpc) is 2.54. The third-order valence-electron chi connectivity index (χ3n) is 3.00. The number of amides is 2. The molecule has 0 aliphatic carbocycles. The van der Waals surface area contributed by atoms with Gasteiger partial charge < -0.3 is 14.8 Å². The van der Waals surface area contributed by atoms with Crippen molar-refractivity contribution in [3.05, 3.63) is 52.1 Å². The summed E-state index contributed by atoms with van der Waals surface area (Å²) in [7, 11) is 0. The monoisotopic (exact) mass is 468 g/mol. The van der Waals surface area contributed by atoms with Gasteiger partial charge >= 0.3 is 6.09 Å². The Morgan fingerprint density at radius 1 is 0.923 bits per heavy atom. The van der Waals surface area contributed by atoms with E-state index in [-0.39, 0.29) is 12.5 Å². The molecule has 0 aliphatic rings. The molecule has 0 aliphatic heterocycles. The van der Waals surface area contributed by atoms with Gasteiger partial charge in [0, 0.05) is 14.9 Å². The molecule has 2 aromatic rings. The van der Waals surface area contributed by atoms with Crippen molar-refractivity contribution in [2.45, 2.75) is 26.4 Å². The molecule has 0 aromatic heterocycles. The molecule has 0 atom stereocenters. The van der Waals surface area contributed by atoms with Gasteiger partial charge in [0.15, 0.2) is 6.61 Å². The molecule has 26 heavy (non-hydrogen) atoms. The van der Waals surface area contributed by atoms with E-state index in [2.05, 4.69) is 33.2 Å². The lowest BCUT2D eigenvalue weighted by Gasteiger charge is -2.19. The summed E-state index contributed by atoms with van der Waals surface area (Å²) in [5, 5.41) is 5.36. The predicted octanol–water partition coefficient (Wildman–Crippen LogP) is 4.66. The Morgan fingerprint density at radius 3 is 2.00 bits per heavy atom. The van der Waals surface area contributed by atoms with E-state index in [1.165, 1.54) is 0 Å². The molecule has 0 saturated heterocycles. The maximum absolute atomic E-state index is 11.9. The lowest BCUT2D eigenvalue weighted by Crippen LogP contribution is -2.27. The summed E-state index contributed by atoms with van der Waals surface area (Å²) in [6.45, 7) is 5.30. The van der Waals surface area contributed by atoms with E-state index in [1.807, 2.05) is 24.3 Å². The van der Waals surface area contributed by atoms with Crippen molar-refractivity contribution >= 4 is 46.0 Å². The number of hydrogen-bond acceptors (Lipinski definition) is 4. The molecule has 7 heteroatoms. The van der Waals surface area contributed by atoms with Gasteiger partial charge in [0.2, 0.25) is 0 Å². The number of nitrogens with one attached hydrogen (secondary N) is 2. The number of anilines is 2. The molecule has 0 unspecified atom stereocenters. The van der Waals surface area contributed by atoms with Crippen molar-refractivity contribution in [2.75, 3.05) is 17.2 Å². The molecule has 0 radical (unpaired) electrons. The zero-order valence-corrected chi connectivity index (χ0v) is 17.0. The van der Waals surface area contributed by atoms with Crippen molar-refractivity contribution in [2.24, 2.45) is 0 Å². The van der Waals surface area contributed by atoms with Gasteiger partial charge in [-0.1, -0.05) is 0 Å². The zero-order valence-electron chi connectivity index (χ0n) is 14.8. The van der Waals surface area contributed by atoms with Crippen molar-refractivity contribution in [1.82, 2.24) is 0 Å². The van der Waals surface area contributed by atoms with E-state index in [4.69, 9.17) is 9.47 Å². The first-order chi connectivity index (χ1) is 12.2. The van der Waals surface area contributed by atoms with Gasteiger partial charge in [-0.25, -0.2) is 4.79 Å². The zero-order chi connectivity index (χ0) is 19.2. The van der Waals surface area contributed by atoms with E-state index in [1.54, 1.807) is 45.0 Å². The second-order valence-electron chi connectivity index (χ2n) is 6.50. The standard InChI is InChI=1S/C19H21IN2O4/c1-19(2,3)26-18(24)22-15-8-6-14(7-9-15)21-17(23)12-25-16-10-4-13(20)5-11-16/h4-11H,12H2,1-3H3,(H,21,23)(H,22,24). The van der Waals surface area contributed by atoms with Crippen LogP contribution >= 0.6 is 22.6 Å². The summed E-state index contributed by atoms with van der Waals surface area (Å²) < 4.78 is 11.7. The Bertz CT molecular complexity index is 753. The van der Waals surface area contributed by atoms with Crippen LogP contribution < -0.4 is 15.4 Å². The number of benzene rings is 2. The van der Waals surface area contributed by atoms with Crippen LogP contribution in [0.3, 0.4) is 0 Å². The van der Waals surface area contributed by atoms with E-state index < -0.39 is 11.7 Å². The Morgan fingerprint density at radius 2 is 1.46 bits per heavy atom. The average molecular weight is 468 g/mol. The van der Waals surface area contributed by atoms with E-state index in [0.717, 1.165) is 3.57 Å². The summed E-state index contributed by atoms with van der Waals surface area (Å²) in [4.78, 5) is 23.7. The Balaban J connectivity index is 1.81. The van der Waals surface area contributed by atoms with Gasteiger partial charge in [-0.05, 0) is 91.9 Å². The Labute approximate surface area is 166 Å². The van der Waals surface area contributed by atoms with Crippen molar-refractivity contribution in [1.29, 1.82) is 0 Å². The van der Waals surface area contributed by atoms with Gasteiger partial charge in [0.25, 0.3) is 5.91 Å². The highest BCUT2D eigenvalue weighted by Crippen LogP contribution is 2.16. The third-order valence-corrected chi connectivity index (χ3v) is 3.72. The van der Waals surface area contributed by atoms with Crippen molar-refractivity contribution in [3.63, 3.8) is 0 Å². The summed E-state index contributed by atoms with van der Waals surface area (Å²) in [5.41, 5.74) is 0.623. The molecular weight excluding hydrogens is 447 g/mol. The number of hydrogen-bond donors (Lipinski definition) is 2. The minimum atomic E-state index is -0.560. The molecule has 2 aromatic carbocycles. The third kappa shape index (κ3) is 7.30. The Kier molecular flexibility index (Phi) is 6.84. The first-order valence-electron chi connectivity index (χ1n) is 7.99. The molecule has 2 amide bonds. The highest BCUT2D eigenvalue weighted by Gasteiger charge is 2.16. The lowest BCUT2D eigenvalue weighted by atomic mass is 10.2. The molecular formula is C19H21IN2O4. The van der Waals surface area contributed by atoms with Crippen LogP contribution in [0.2, 0.25) is 0 Å².